The van der Waals surface area contributed by atoms with Crippen LogP contribution in [-0.2, 0) is 4.79 Å². The first-order valence-corrected chi connectivity index (χ1v) is 8.72. The van der Waals surface area contributed by atoms with E-state index in [-0.39, 0.29) is 24.2 Å². The maximum atomic E-state index is 12.0. The van der Waals surface area contributed by atoms with Crippen molar-refractivity contribution in [2.45, 2.75) is 25.9 Å². The number of aliphatic hydroxyl groups excluding tert-OH is 1. The summed E-state index contributed by atoms with van der Waals surface area (Å²) in [6, 6.07) is 6.97. The van der Waals surface area contributed by atoms with Gasteiger partial charge in [0.05, 0.1) is 0 Å². The van der Waals surface area contributed by atoms with Crippen molar-refractivity contribution < 1.29 is 19.4 Å². The van der Waals surface area contributed by atoms with Gasteiger partial charge in [-0.3, -0.25) is 9.59 Å². The Morgan fingerprint density at radius 2 is 2.00 bits per heavy atom. The zero-order valence-corrected chi connectivity index (χ0v) is 15.3. The Morgan fingerprint density at radius 1 is 1.32 bits per heavy atom. The summed E-state index contributed by atoms with van der Waals surface area (Å²) in [7, 11) is 3.58. The molecule has 1 N–H and O–H groups in total. The molecule has 0 saturated carbocycles. The first kappa shape index (κ1) is 19.4. The van der Waals surface area contributed by atoms with E-state index >= 15 is 0 Å². The van der Waals surface area contributed by atoms with E-state index in [1.165, 1.54) is 6.92 Å². The van der Waals surface area contributed by atoms with Gasteiger partial charge in [-0.05, 0) is 45.0 Å². The average Bonchev–Trinajstić information content (AvgIpc) is 2.60. The minimum atomic E-state index is -0.609. The Balaban J connectivity index is 1.74. The molecule has 0 spiro atoms. The summed E-state index contributed by atoms with van der Waals surface area (Å²) >= 11 is 0. The number of rotatable bonds is 7. The second kappa shape index (κ2) is 8.97. The van der Waals surface area contributed by atoms with E-state index in [2.05, 4.69) is 4.90 Å². The fourth-order valence-electron chi connectivity index (χ4n) is 3.08. The van der Waals surface area contributed by atoms with Crippen LogP contribution >= 0.6 is 0 Å². The van der Waals surface area contributed by atoms with Crippen LogP contribution in [0.15, 0.2) is 24.3 Å². The molecule has 0 bridgehead atoms. The second-order valence-corrected chi connectivity index (χ2v) is 6.86. The summed E-state index contributed by atoms with van der Waals surface area (Å²) in [5.41, 5.74) is 0.597. The quantitative estimate of drug-likeness (QED) is 0.755. The van der Waals surface area contributed by atoms with Crippen LogP contribution in [0, 0.1) is 5.92 Å². The Kier molecular flexibility index (Phi) is 6.96. The molecule has 0 aliphatic carbocycles. The molecule has 1 fully saturated rings. The molecule has 2 rings (SSSR count). The topological polar surface area (TPSA) is 70.1 Å². The molecular weight excluding hydrogens is 320 g/mol. The fourth-order valence-corrected chi connectivity index (χ4v) is 3.08. The minimum Gasteiger partial charge on any atom is -0.491 e. The van der Waals surface area contributed by atoms with Crippen LogP contribution in [0.25, 0.3) is 0 Å². The van der Waals surface area contributed by atoms with Gasteiger partial charge >= 0.3 is 0 Å². The average molecular weight is 348 g/mol. The lowest BCUT2D eigenvalue weighted by Crippen LogP contribution is -2.43. The molecule has 1 aromatic rings. The van der Waals surface area contributed by atoms with Gasteiger partial charge in [-0.2, -0.15) is 0 Å². The molecule has 1 atom stereocenters. The lowest BCUT2D eigenvalue weighted by atomic mass is 9.95. The van der Waals surface area contributed by atoms with Gasteiger partial charge in [0.1, 0.15) is 18.5 Å². The van der Waals surface area contributed by atoms with Crippen LogP contribution in [0.3, 0.4) is 0 Å². The fraction of sp³-hybridized carbons (Fsp3) is 0.579. The molecule has 1 saturated heterocycles. The number of hydrogen-bond acceptors (Lipinski definition) is 5. The van der Waals surface area contributed by atoms with Crippen LogP contribution < -0.4 is 4.74 Å². The Morgan fingerprint density at radius 3 is 2.60 bits per heavy atom. The highest BCUT2D eigenvalue weighted by Gasteiger charge is 2.26. The van der Waals surface area contributed by atoms with Crippen molar-refractivity contribution in [3.05, 3.63) is 29.8 Å². The number of ketones is 1. The third-order valence-electron chi connectivity index (χ3n) is 4.53. The van der Waals surface area contributed by atoms with Crippen LogP contribution in [0.5, 0.6) is 5.75 Å². The number of β-amino-alcohol motifs (C(OH)–C–C–N with tert-alkyl or cyclic N) is 1. The molecule has 6 nitrogen and oxygen atoms in total. The van der Waals surface area contributed by atoms with E-state index in [9.17, 15) is 14.7 Å². The SMILES string of the molecule is CC(=O)c1cccc(OCC(O)CN2CCC(C(=O)N(C)C)CC2)c1. The molecule has 6 heteroatoms. The Bertz CT molecular complexity index is 595. The Hall–Kier alpha value is -1.92. The highest BCUT2D eigenvalue weighted by atomic mass is 16.5. The number of carbonyl (C=O) groups is 2. The molecule has 1 unspecified atom stereocenters. The highest BCUT2D eigenvalue weighted by Crippen LogP contribution is 2.19. The van der Waals surface area contributed by atoms with Gasteiger partial charge in [0.25, 0.3) is 0 Å². The van der Waals surface area contributed by atoms with Crippen molar-refractivity contribution in [2.75, 3.05) is 40.3 Å². The number of likely N-dealkylation sites (tertiary alicyclic amines) is 1. The molecule has 1 amide bonds. The summed E-state index contributed by atoms with van der Waals surface area (Å²) < 4.78 is 5.60. The second-order valence-electron chi connectivity index (χ2n) is 6.86. The van der Waals surface area contributed by atoms with Crippen molar-refractivity contribution in [3.8, 4) is 5.75 Å². The normalized spacial score (nSPS) is 17.1. The van der Waals surface area contributed by atoms with Crippen molar-refractivity contribution >= 4 is 11.7 Å². The van der Waals surface area contributed by atoms with Crippen molar-refractivity contribution in [3.63, 3.8) is 0 Å². The van der Waals surface area contributed by atoms with Gasteiger partial charge in [0.15, 0.2) is 5.78 Å². The van der Waals surface area contributed by atoms with E-state index in [0.717, 1.165) is 25.9 Å². The van der Waals surface area contributed by atoms with Crippen molar-refractivity contribution in [2.24, 2.45) is 5.92 Å². The molecule has 0 aromatic heterocycles. The lowest BCUT2D eigenvalue weighted by molar-refractivity contribution is -0.134. The van der Waals surface area contributed by atoms with E-state index < -0.39 is 6.10 Å². The lowest BCUT2D eigenvalue weighted by Gasteiger charge is -2.33. The van der Waals surface area contributed by atoms with Gasteiger partial charge in [-0.15, -0.1) is 0 Å². The molecule has 25 heavy (non-hydrogen) atoms. The number of hydrogen-bond donors (Lipinski definition) is 1. The largest absolute Gasteiger partial charge is 0.491 e. The molecule has 0 radical (unpaired) electrons. The van der Waals surface area contributed by atoms with Gasteiger partial charge in [0, 0.05) is 32.1 Å². The highest BCUT2D eigenvalue weighted by molar-refractivity contribution is 5.94. The van der Waals surface area contributed by atoms with E-state index in [1.807, 2.05) is 0 Å². The molecule has 138 valence electrons. The van der Waals surface area contributed by atoms with Gasteiger partial charge < -0.3 is 19.6 Å². The first-order valence-electron chi connectivity index (χ1n) is 8.72. The summed E-state index contributed by atoms with van der Waals surface area (Å²) in [5.74, 6) is 0.853. The molecule has 1 aromatic carbocycles. The predicted octanol–water partition coefficient (Wildman–Crippen LogP) is 1.43. The zero-order valence-electron chi connectivity index (χ0n) is 15.3. The first-order chi connectivity index (χ1) is 11.9. The monoisotopic (exact) mass is 348 g/mol. The third-order valence-corrected chi connectivity index (χ3v) is 4.53. The number of carbonyl (C=O) groups excluding carboxylic acids is 2. The van der Waals surface area contributed by atoms with Gasteiger partial charge in [-0.25, -0.2) is 0 Å². The Labute approximate surface area is 149 Å². The number of amides is 1. The maximum Gasteiger partial charge on any atom is 0.225 e. The summed E-state index contributed by atoms with van der Waals surface area (Å²) in [4.78, 5) is 27.2. The van der Waals surface area contributed by atoms with Crippen LogP contribution in [0.2, 0.25) is 0 Å². The predicted molar refractivity (Wildman–Crippen MR) is 95.8 cm³/mol. The third kappa shape index (κ3) is 5.83. The molecule has 1 aliphatic rings. The number of nitrogens with zero attached hydrogens (tertiary/aromatic N) is 2. The smallest absolute Gasteiger partial charge is 0.225 e. The maximum absolute atomic E-state index is 12.0. The summed E-state index contributed by atoms with van der Waals surface area (Å²) in [6.07, 6.45) is 1.04. The van der Waals surface area contributed by atoms with Crippen LogP contribution in [0.4, 0.5) is 0 Å². The standard InChI is InChI=1S/C19H28N2O4/c1-14(22)16-5-4-6-18(11-16)25-13-17(23)12-21-9-7-15(8-10-21)19(24)20(2)3/h4-6,11,15,17,23H,7-10,12-13H2,1-3H3. The summed E-state index contributed by atoms with van der Waals surface area (Å²) in [5, 5.41) is 10.2. The number of benzene rings is 1. The van der Waals surface area contributed by atoms with E-state index in [1.54, 1.807) is 43.3 Å². The van der Waals surface area contributed by atoms with E-state index in [0.29, 0.717) is 17.9 Å². The van der Waals surface area contributed by atoms with Gasteiger partial charge in [0.2, 0.25) is 5.91 Å². The van der Waals surface area contributed by atoms with Crippen LogP contribution in [0.1, 0.15) is 30.1 Å². The summed E-state index contributed by atoms with van der Waals surface area (Å²) in [6.45, 7) is 3.83. The van der Waals surface area contributed by atoms with Gasteiger partial charge in [-0.1, -0.05) is 12.1 Å². The minimum absolute atomic E-state index is 0.0128. The number of Topliss-reactive ketones (excluding diaryl/α,β-unsaturated/α-hetero) is 1. The zero-order chi connectivity index (χ0) is 18.4. The molecule has 1 heterocycles. The van der Waals surface area contributed by atoms with Crippen molar-refractivity contribution in [1.82, 2.24) is 9.80 Å². The van der Waals surface area contributed by atoms with E-state index in [4.69, 9.17) is 4.74 Å². The number of ether oxygens (including phenoxy) is 1. The van der Waals surface area contributed by atoms with Crippen molar-refractivity contribution in [1.29, 1.82) is 0 Å². The number of piperidine rings is 1. The van der Waals surface area contributed by atoms with Crippen LogP contribution in [-0.4, -0.2) is 73.0 Å². The molecular formula is C19H28N2O4. The number of aliphatic hydroxyl groups is 1. The molecule has 1 aliphatic heterocycles.